The predicted molar refractivity (Wildman–Crippen MR) is 68.0 cm³/mol. The van der Waals surface area contributed by atoms with E-state index in [1.165, 1.54) is 24.3 Å². The first-order chi connectivity index (χ1) is 8.40. The van der Waals surface area contributed by atoms with Gasteiger partial charge in [0.05, 0.1) is 0 Å². The summed E-state index contributed by atoms with van der Waals surface area (Å²) in [5, 5.41) is 38.6. The molecule has 0 heterocycles. The van der Waals surface area contributed by atoms with Crippen molar-refractivity contribution in [2.75, 3.05) is 0 Å². The van der Waals surface area contributed by atoms with Crippen LogP contribution in [0.15, 0.2) is 24.3 Å². The molecule has 0 unspecified atom stereocenters. The average Bonchev–Trinajstić information content (AvgIpc) is 2.31. The van der Waals surface area contributed by atoms with Crippen molar-refractivity contribution in [1.29, 1.82) is 0 Å². The van der Waals surface area contributed by atoms with Crippen LogP contribution in [0.3, 0.4) is 0 Å². The zero-order chi connectivity index (χ0) is 13.4. The van der Waals surface area contributed by atoms with Gasteiger partial charge in [-0.3, -0.25) is 0 Å². The molecule has 0 radical (unpaired) electrons. The van der Waals surface area contributed by atoms with E-state index in [2.05, 4.69) is 0 Å². The van der Waals surface area contributed by atoms with E-state index in [4.69, 9.17) is 0 Å². The van der Waals surface area contributed by atoms with E-state index in [1.807, 2.05) is 0 Å². The van der Waals surface area contributed by atoms with Crippen LogP contribution in [0.4, 0.5) is 0 Å². The normalized spacial score (nSPS) is 10.6. The van der Waals surface area contributed by atoms with Gasteiger partial charge < -0.3 is 20.4 Å². The van der Waals surface area contributed by atoms with Gasteiger partial charge in [0, 0.05) is 11.1 Å². The quantitative estimate of drug-likeness (QED) is 0.623. The van der Waals surface area contributed by atoms with Crippen molar-refractivity contribution in [1.82, 2.24) is 0 Å². The highest BCUT2D eigenvalue weighted by atomic mass is 16.3. The van der Waals surface area contributed by atoms with Crippen LogP contribution < -0.4 is 0 Å². The van der Waals surface area contributed by atoms with Crippen LogP contribution in [0.1, 0.15) is 11.1 Å². The maximum absolute atomic E-state index is 9.65. The molecule has 0 aliphatic rings. The molecule has 2 aromatic carbocycles. The van der Waals surface area contributed by atoms with E-state index in [0.717, 1.165) is 0 Å². The van der Waals surface area contributed by atoms with Gasteiger partial charge >= 0.3 is 0 Å². The highest BCUT2D eigenvalue weighted by molar-refractivity contribution is 5.72. The lowest BCUT2D eigenvalue weighted by Crippen LogP contribution is -1.84. The van der Waals surface area contributed by atoms with E-state index in [-0.39, 0.29) is 23.0 Å². The van der Waals surface area contributed by atoms with Gasteiger partial charge in [0.1, 0.15) is 23.0 Å². The summed E-state index contributed by atoms with van der Waals surface area (Å²) in [5.74, 6) is -0.150. The Labute approximate surface area is 104 Å². The summed E-state index contributed by atoms with van der Waals surface area (Å²) < 4.78 is 0. The molecule has 0 saturated heterocycles. The van der Waals surface area contributed by atoms with Gasteiger partial charge in [-0.25, -0.2) is 0 Å². The third kappa shape index (κ3) is 1.93. The van der Waals surface area contributed by atoms with E-state index >= 15 is 0 Å². The molecule has 0 fully saturated rings. The minimum absolute atomic E-state index is 0.0374. The van der Waals surface area contributed by atoms with Gasteiger partial charge in [0.2, 0.25) is 0 Å². The molecule has 0 saturated carbocycles. The van der Waals surface area contributed by atoms with Crippen molar-refractivity contribution < 1.29 is 20.4 Å². The second kappa shape index (κ2) is 4.14. The fourth-order valence-electron chi connectivity index (χ4n) is 1.70. The third-order valence-electron chi connectivity index (χ3n) is 3.04. The van der Waals surface area contributed by atoms with Crippen LogP contribution in [0.2, 0.25) is 0 Å². The smallest absolute Gasteiger partial charge is 0.122 e. The molecule has 4 heteroatoms. The lowest BCUT2D eigenvalue weighted by Gasteiger charge is -2.09. The van der Waals surface area contributed by atoms with E-state index < -0.39 is 0 Å². The van der Waals surface area contributed by atoms with Gasteiger partial charge in [-0.05, 0) is 49.2 Å². The van der Waals surface area contributed by atoms with Crippen molar-refractivity contribution in [2.24, 2.45) is 0 Å². The maximum atomic E-state index is 9.65. The summed E-state index contributed by atoms with van der Waals surface area (Å²) in [4.78, 5) is 0. The van der Waals surface area contributed by atoms with Crippen LogP contribution in [-0.2, 0) is 0 Å². The number of phenolic OH excluding ortho intramolecular Hbond substituents is 4. The first-order valence-electron chi connectivity index (χ1n) is 5.45. The molecule has 94 valence electrons. The molecule has 0 aliphatic carbocycles. The Balaban J connectivity index is 2.63. The largest absolute Gasteiger partial charge is 0.508 e. The molecular weight excluding hydrogens is 232 g/mol. The highest BCUT2D eigenvalue weighted by Crippen LogP contribution is 2.37. The number of rotatable bonds is 1. The standard InChI is InChI=1S/C14H14O4/c1-7-11(15)3-9(4-12(7)16)10-5-13(17)8(2)14(18)6-10/h3-6,15-18H,1-2H3. The Morgan fingerprint density at radius 2 is 0.778 bits per heavy atom. The van der Waals surface area contributed by atoms with Gasteiger partial charge in [0.15, 0.2) is 0 Å². The van der Waals surface area contributed by atoms with Crippen molar-refractivity contribution in [2.45, 2.75) is 13.8 Å². The Hall–Kier alpha value is -2.36. The van der Waals surface area contributed by atoms with Gasteiger partial charge in [0.25, 0.3) is 0 Å². The average molecular weight is 246 g/mol. The summed E-state index contributed by atoms with van der Waals surface area (Å²) in [6, 6.07) is 5.88. The third-order valence-corrected chi connectivity index (χ3v) is 3.04. The molecule has 4 N–H and O–H groups in total. The van der Waals surface area contributed by atoms with E-state index in [0.29, 0.717) is 22.3 Å². The van der Waals surface area contributed by atoms with Crippen LogP contribution in [0.5, 0.6) is 23.0 Å². The number of benzene rings is 2. The van der Waals surface area contributed by atoms with Crippen molar-refractivity contribution in [3.8, 4) is 34.1 Å². The highest BCUT2D eigenvalue weighted by Gasteiger charge is 2.10. The Kier molecular flexibility index (Phi) is 2.79. The van der Waals surface area contributed by atoms with Crippen LogP contribution in [0.25, 0.3) is 11.1 Å². The Bertz CT molecular complexity index is 516. The summed E-state index contributed by atoms with van der Waals surface area (Å²) in [6.45, 7) is 3.19. The maximum Gasteiger partial charge on any atom is 0.122 e. The molecule has 0 aliphatic heterocycles. The molecule has 2 aromatic rings. The fourth-order valence-corrected chi connectivity index (χ4v) is 1.70. The zero-order valence-corrected chi connectivity index (χ0v) is 10.1. The number of hydrogen-bond acceptors (Lipinski definition) is 4. The lowest BCUT2D eigenvalue weighted by molar-refractivity contribution is 0.441. The molecule has 0 atom stereocenters. The minimum Gasteiger partial charge on any atom is -0.508 e. The Morgan fingerprint density at radius 3 is 1.00 bits per heavy atom. The van der Waals surface area contributed by atoms with Gasteiger partial charge in [-0.2, -0.15) is 0 Å². The minimum atomic E-state index is -0.0374. The molecule has 0 aromatic heterocycles. The van der Waals surface area contributed by atoms with Crippen LogP contribution in [-0.4, -0.2) is 20.4 Å². The van der Waals surface area contributed by atoms with Gasteiger partial charge in [-0.1, -0.05) is 0 Å². The van der Waals surface area contributed by atoms with Crippen molar-refractivity contribution >= 4 is 0 Å². The van der Waals surface area contributed by atoms with Crippen LogP contribution >= 0.6 is 0 Å². The lowest BCUT2D eigenvalue weighted by atomic mass is 10.0. The molecular formula is C14H14O4. The second-order valence-corrected chi connectivity index (χ2v) is 4.28. The topological polar surface area (TPSA) is 80.9 Å². The SMILES string of the molecule is Cc1c(O)cc(-c2cc(O)c(C)c(O)c2)cc1O. The van der Waals surface area contributed by atoms with E-state index in [9.17, 15) is 20.4 Å². The van der Waals surface area contributed by atoms with Crippen molar-refractivity contribution in [3.05, 3.63) is 35.4 Å². The molecule has 0 amide bonds. The zero-order valence-electron chi connectivity index (χ0n) is 10.1. The van der Waals surface area contributed by atoms with E-state index in [1.54, 1.807) is 13.8 Å². The number of hydrogen-bond donors (Lipinski definition) is 4. The number of phenols is 4. The molecule has 0 spiro atoms. The first-order valence-corrected chi connectivity index (χ1v) is 5.45. The summed E-state index contributed by atoms with van der Waals surface area (Å²) >= 11 is 0. The molecule has 0 bridgehead atoms. The molecule has 2 rings (SSSR count). The summed E-state index contributed by atoms with van der Waals surface area (Å²) in [7, 11) is 0. The number of aromatic hydroxyl groups is 4. The van der Waals surface area contributed by atoms with Crippen molar-refractivity contribution in [3.63, 3.8) is 0 Å². The first kappa shape index (κ1) is 12.1. The fraction of sp³-hybridized carbons (Fsp3) is 0.143. The van der Waals surface area contributed by atoms with Gasteiger partial charge in [-0.15, -0.1) is 0 Å². The monoisotopic (exact) mass is 246 g/mol. The van der Waals surface area contributed by atoms with Crippen LogP contribution in [0, 0.1) is 13.8 Å². The molecule has 18 heavy (non-hydrogen) atoms. The summed E-state index contributed by atoms with van der Waals surface area (Å²) in [6.07, 6.45) is 0. The predicted octanol–water partition coefficient (Wildman–Crippen LogP) is 2.79. The second-order valence-electron chi connectivity index (χ2n) is 4.28. The summed E-state index contributed by atoms with van der Waals surface area (Å²) in [5.41, 5.74) is 1.81. The molecule has 4 nitrogen and oxygen atoms in total. The Morgan fingerprint density at radius 1 is 0.556 bits per heavy atom.